The van der Waals surface area contributed by atoms with E-state index in [0.29, 0.717) is 0 Å². The number of nitrogens with two attached hydrogens (primary N) is 1. The fraction of sp³-hybridized carbons (Fsp3) is 0.778. The van der Waals surface area contributed by atoms with Crippen molar-refractivity contribution in [3.05, 3.63) is 6.42 Å². The van der Waals surface area contributed by atoms with Crippen molar-refractivity contribution in [2.24, 2.45) is 11.1 Å². The van der Waals surface area contributed by atoms with Gasteiger partial charge in [0, 0.05) is 25.9 Å². The molecule has 1 radical (unpaired) electrons. The Balaban J connectivity index is 2.69. The van der Waals surface area contributed by atoms with E-state index in [0.717, 1.165) is 0 Å². The van der Waals surface area contributed by atoms with Gasteiger partial charge in [-0.15, -0.1) is 0 Å². The lowest BCUT2D eigenvalue weighted by atomic mass is 9.70. The average molecular weight is 206 g/mol. The largest absolute Gasteiger partial charge is 0.396 e. The zero-order valence-electron chi connectivity index (χ0n) is 7.80. The molecule has 0 aromatic rings. The maximum absolute atomic E-state index is 12.8. The summed E-state index contributed by atoms with van der Waals surface area (Å²) in [7, 11) is 0. The highest BCUT2D eigenvalue weighted by Gasteiger charge is 2.46. The second-order valence-electron chi connectivity index (χ2n) is 3.76. The van der Waals surface area contributed by atoms with Crippen LogP contribution in [0.4, 0.5) is 8.78 Å². The van der Waals surface area contributed by atoms with E-state index in [1.54, 1.807) is 0 Å². The van der Waals surface area contributed by atoms with Crippen molar-refractivity contribution in [2.75, 3.05) is 6.61 Å². The molecular formula is C9H14F2NO2. The van der Waals surface area contributed by atoms with Crippen LogP contribution in [0.15, 0.2) is 0 Å². The van der Waals surface area contributed by atoms with Crippen molar-refractivity contribution >= 4 is 5.91 Å². The number of hydrogen-bond acceptors (Lipinski definition) is 2. The summed E-state index contributed by atoms with van der Waals surface area (Å²) in [6, 6.07) is 0. The number of primary amides is 1. The molecule has 3 N–H and O–H groups in total. The van der Waals surface area contributed by atoms with E-state index >= 15 is 0 Å². The predicted molar refractivity (Wildman–Crippen MR) is 46.4 cm³/mol. The predicted octanol–water partition coefficient (Wildman–Crippen LogP) is 0.864. The Bertz CT molecular complexity index is 221. The Kier molecular flexibility index (Phi) is 3.09. The van der Waals surface area contributed by atoms with Gasteiger partial charge in [-0.3, -0.25) is 4.79 Å². The molecule has 0 unspecified atom stereocenters. The molecule has 0 bridgehead atoms. The second kappa shape index (κ2) is 3.81. The fourth-order valence-corrected chi connectivity index (χ4v) is 1.79. The summed E-state index contributed by atoms with van der Waals surface area (Å²) < 4.78 is 25.6. The first-order chi connectivity index (χ1) is 6.42. The summed E-state index contributed by atoms with van der Waals surface area (Å²) in [5, 5.41) is 8.71. The third-order valence-electron chi connectivity index (χ3n) is 2.85. The molecule has 1 saturated carbocycles. The molecule has 1 amide bonds. The number of alkyl halides is 2. The SMILES string of the molecule is NC(=O)C1([CH]CO)CCC(F)(F)CC1. The van der Waals surface area contributed by atoms with E-state index in [-0.39, 0.29) is 32.3 Å². The average Bonchev–Trinajstić information content (AvgIpc) is 2.09. The quantitative estimate of drug-likeness (QED) is 0.719. The van der Waals surface area contributed by atoms with Gasteiger partial charge in [-0.1, -0.05) is 0 Å². The standard InChI is InChI=1S/C9H14F2NO2/c10-9(11)3-1-8(2-4-9,5-6-13)7(12)14/h5,13H,1-4,6H2,(H2,12,14). The fourth-order valence-electron chi connectivity index (χ4n) is 1.79. The van der Waals surface area contributed by atoms with Crippen LogP contribution in [0.25, 0.3) is 0 Å². The number of aliphatic hydroxyl groups is 1. The van der Waals surface area contributed by atoms with Gasteiger partial charge in [-0.2, -0.15) is 0 Å². The molecule has 0 atom stereocenters. The number of rotatable bonds is 3. The van der Waals surface area contributed by atoms with E-state index < -0.39 is 17.2 Å². The molecule has 0 heterocycles. The summed E-state index contributed by atoms with van der Waals surface area (Å²) in [5.74, 6) is -3.32. The molecule has 0 saturated heterocycles. The Morgan fingerprint density at radius 3 is 2.21 bits per heavy atom. The maximum atomic E-state index is 12.8. The van der Waals surface area contributed by atoms with E-state index in [2.05, 4.69) is 0 Å². The Morgan fingerprint density at radius 2 is 1.86 bits per heavy atom. The molecule has 3 nitrogen and oxygen atoms in total. The van der Waals surface area contributed by atoms with Crippen molar-refractivity contribution in [3.63, 3.8) is 0 Å². The Morgan fingerprint density at radius 1 is 1.36 bits per heavy atom. The summed E-state index contributed by atoms with van der Waals surface area (Å²) in [6.07, 6.45) is 0.704. The minimum atomic E-state index is -2.69. The Labute approximate surface area is 81.3 Å². The summed E-state index contributed by atoms with van der Waals surface area (Å²) >= 11 is 0. The van der Waals surface area contributed by atoms with Crippen molar-refractivity contribution in [3.8, 4) is 0 Å². The van der Waals surface area contributed by atoms with E-state index in [9.17, 15) is 13.6 Å². The highest BCUT2D eigenvalue weighted by atomic mass is 19.3. The van der Waals surface area contributed by atoms with Gasteiger partial charge >= 0.3 is 0 Å². The smallest absolute Gasteiger partial charge is 0.248 e. The third-order valence-corrected chi connectivity index (χ3v) is 2.85. The number of aliphatic hydroxyl groups excluding tert-OH is 1. The van der Waals surface area contributed by atoms with Crippen molar-refractivity contribution < 1.29 is 18.7 Å². The van der Waals surface area contributed by atoms with Gasteiger partial charge in [0.05, 0.1) is 5.41 Å². The van der Waals surface area contributed by atoms with Crippen LogP contribution in [-0.4, -0.2) is 23.5 Å². The first-order valence-corrected chi connectivity index (χ1v) is 4.55. The van der Waals surface area contributed by atoms with Gasteiger partial charge in [-0.25, -0.2) is 8.78 Å². The highest BCUT2D eigenvalue weighted by molar-refractivity contribution is 5.82. The van der Waals surface area contributed by atoms with Crippen LogP contribution in [0.3, 0.4) is 0 Å². The van der Waals surface area contributed by atoms with Crippen LogP contribution in [-0.2, 0) is 4.79 Å². The van der Waals surface area contributed by atoms with Crippen molar-refractivity contribution in [1.29, 1.82) is 0 Å². The van der Waals surface area contributed by atoms with Crippen LogP contribution < -0.4 is 5.73 Å². The molecular weight excluding hydrogens is 192 g/mol. The molecule has 0 aromatic heterocycles. The molecule has 81 valence electrons. The van der Waals surface area contributed by atoms with Gasteiger partial charge in [0.25, 0.3) is 0 Å². The molecule has 14 heavy (non-hydrogen) atoms. The molecule has 0 aromatic carbocycles. The topological polar surface area (TPSA) is 63.3 Å². The lowest BCUT2D eigenvalue weighted by Crippen LogP contribution is -2.44. The van der Waals surface area contributed by atoms with Crippen LogP contribution in [0.2, 0.25) is 0 Å². The number of halogens is 2. The number of carbonyl (C=O) groups is 1. The molecule has 0 spiro atoms. The normalized spacial score (nSPS) is 24.5. The van der Waals surface area contributed by atoms with Crippen LogP contribution in [0, 0.1) is 11.8 Å². The molecule has 0 aliphatic heterocycles. The molecule has 1 aliphatic rings. The van der Waals surface area contributed by atoms with Gasteiger partial charge in [0.1, 0.15) is 0 Å². The van der Waals surface area contributed by atoms with Gasteiger partial charge in [-0.05, 0) is 12.8 Å². The molecule has 1 aliphatic carbocycles. The number of hydrogen-bond donors (Lipinski definition) is 2. The number of carbonyl (C=O) groups excluding carboxylic acids is 1. The zero-order chi connectivity index (χ0) is 10.8. The summed E-state index contributed by atoms with van der Waals surface area (Å²) in [4.78, 5) is 11.1. The first kappa shape index (κ1) is 11.4. The van der Waals surface area contributed by atoms with Gasteiger partial charge in [0.15, 0.2) is 0 Å². The first-order valence-electron chi connectivity index (χ1n) is 4.55. The van der Waals surface area contributed by atoms with Gasteiger partial charge in [0.2, 0.25) is 11.8 Å². The maximum Gasteiger partial charge on any atom is 0.248 e. The van der Waals surface area contributed by atoms with Gasteiger partial charge < -0.3 is 10.8 Å². The monoisotopic (exact) mass is 206 g/mol. The minimum Gasteiger partial charge on any atom is -0.396 e. The molecule has 5 heteroatoms. The van der Waals surface area contributed by atoms with Crippen molar-refractivity contribution in [2.45, 2.75) is 31.6 Å². The van der Waals surface area contributed by atoms with Crippen LogP contribution >= 0.6 is 0 Å². The zero-order valence-corrected chi connectivity index (χ0v) is 7.80. The lowest BCUT2D eigenvalue weighted by Gasteiger charge is -2.36. The molecule has 1 fully saturated rings. The van der Waals surface area contributed by atoms with E-state index in [4.69, 9.17) is 10.8 Å². The van der Waals surface area contributed by atoms with E-state index in [1.807, 2.05) is 0 Å². The summed E-state index contributed by atoms with van der Waals surface area (Å²) in [5.41, 5.74) is 4.12. The second-order valence-corrected chi connectivity index (χ2v) is 3.76. The van der Waals surface area contributed by atoms with E-state index in [1.165, 1.54) is 6.42 Å². The highest BCUT2D eigenvalue weighted by Crippen LogP contribution is 2.44. The summed E-state index contributed by atoms with van der Waals surface area (Å²) in [6.45, 7) is -0.311. The van der Waals surface area contributed by atoms with Crippen LogP contribution in [0.1, 0.15) is 25.7 Å². The minimum absolute atomic E-state index is 0.0237. The van der Waals surface area contributed by atoms with Crippen molar-refractivity contribution in [1.82, 2.24) is 0 Å². The lowest BCUT2D eigenvalue weighted by molar-refractivity contribution is -0.133. The third kappa shape index (κ3) is 2.20. The van der Waals surface area contributed by atoms with Crippen LogP contribution in [0.5, 0.6) is 0 Å². The molecule has 1 rings (SSSR count). The number of amides is 1. The Hall–Kier alpha value is -0.710.